The van der Waals surface area contributed by atoms with Crippen molar-refractivity contribution in [2.24, 2.45) is 40.7 Å². The molecule has 2 aliphatic carbocycles. The standard InChI is InChI=1S/C9H10O.C8H8O.C7H7NO.C6H13NO.C6H10O.2C6H12O.C5H10O.C4H6O.4C3H6O/c1-7-3-5-9(6-4-7)8(2)10;1-7(9)8-5-3-2-4-6-8;1-6(9)7-3-2-4-8-5-7;1-4(2)6(7)5(3)8;1-5(7)6-3-2-4-6;1-5(7)6(2,3)4;1-5(2)4-6(3)7;1-4(2)5(3)6;5-3-4-1-2-4;4*1-3(2)4/h3-6H,1-2H3;2-6H,1H3;2-5H,1H3;4,6H,7H2,1-3H3;6H,2-4H2,1H3;1-4H3;5H,4H2,1-3H3;4H,1-3H3;3-4H,1-2H2;4*1-2H3. The highest BCUT2D eigenvalue weighted by Crippen LogP contribution is 2.26. The molecular weight excluding hydrogens is 1060 g/mol. The Bertz CT molecular complexity index is 2210. The molecule has 84 heavy (non-hydrogen) atoms. The molecule has 1 unspecified atom stereocenters. The van der Waals surface area contributed by atoms with E-state index in [-0.39, 0.29) is 86.9 Å². The molecule has 15 nitrogen and oxygen atoms in total. The number of nitrogens with zero attached hydrogens (tertiary/aromatic N) is 1. The van der Waals surface area contributed by atoms with Crippen LogP contribution in [0.4, 0.5) is 0 Å². The minimum atomic E-state index is -0.269. The lowest BCUT2D eigenvalue weighted by molar-refractivity contribution is -0.124. The summed E-state index contributed by atoms with van der Waals surface area (Å²) in [7, 11) is 0. The summed E-state index contributed by atoms with van der Waals surface area (Å²) in [6.45, 7) is 44.4. The van der Waals surface area contributed by atoms with Crippen molar-refractivity contribution in [1.82, 2.24) is 4.98 Å². The van der Waals surface area contributed by atoms with E-state index in [1.807, 2.05) is 124 Å². The molecule has 2 fully saturated rings. The summed E-state index contributed by atoms with van der Waals surface area (Å²) in [5, 5.41) is 0. The van der Waals surface area contributed by atoms with Crippen LogP contribution in [0.5, 0.6) is 0 Å². The monoisotopic (exact) mass is 1180 g/mol. The number of carbonyl (C=O) groups is 13. The first kappa shape index (κ1) is 93.7. The second-order valence-electron chi connectivity index (χ2n) is 22.7. The average Bonchev–Trinajstić information content (AvgIpc) is 4.17. The van der Waals surface area contributed by atoms with Gasteiger partial charge in [0.2, 0.25) is 0 Å². The van der Waals surface area contributed by atoms with Gasteiger partial charge in [-0.3, -0.25) is 38.5 Å². The van der Waals surface area contributed by atoms with Crippen LogP contribution in [0.2, 0.25) is 0 Å². The maximum absolute atomic E-state index is 10.8. The molecule has 2 aromatic carbocycles. The maximum atomic E-state index is 10.8. The Morgan fingerprint density at radius 1 is 0.524 bits per heavy atom. The molecular formula is C69H112N2O13. The van der Waals surface area contributed by atoms with Gasteiger partial charge >= 0.3 is 0 Å². The molecule has 2 saturated carbocycles. The Hall–Kier alpha value is -6.74. The van der Waals surface area contributed by atoms with E-state index in [0.717, 1.165) is 49.5 Å². The molecule has 1 heterocycles. The van der Waals surface area contributed by atoms with Gasteiger partial charge in [0.05, 0.1) is 6.04 Å². The van der Waals surface area contributed by atoms with Gasteiger partial charge in [0.15, 0.2) is 17.3 Å². The number of Topliss-reactive ketones (excluding diaryl/α,β-unsaturated/α-hetero) is 12. The Kier molecular flexibility index (Phi) is 64.7. The first-order valence-corrected chi connectivity index (χ1v) is 28.4. The summed E-state index contributed by atoms with van der Waals surface area (Å²) in [4.78, 5) is 135. The zero-order valence-electron chi connectivity index (χ0n) is 56.6. The number of carbonyl (C=O) groups excluding carboxylic acids is 13. The SMILES string of the molecule is CC(=O)C(C)(C)C.CC(=O)C(C)C.CC(=O)C(N)C(C)C.CC(=O)C1CCC1.CC(=O)CC(C)C.CC(=O)c1ccc(C)cc1.CC(=O)c1ccccc1.CC(=O)c1cccnc1.CC(C)=O.CC(C)=O.CC(C)=O.CC(C)=O.O=CC1CC1. The molecule has 0 saturated heterocycles. The van der Waals surface area contributed by atoms with Gasteiger partial charge in [-0.2, -0.15) is 0 Å². The third kappa shape index (κ3) is 89.1. The van der Waals surface area contributed by atoms with Crippen molar-refractivity contribution in [2.45, 2.75) is 225 Å². The Balaban J connectivity index is -0.000000126. The van der Waals surface area contributed by atoms with Crippen LogP contribution < -0.4 is 5.73 Å². The van der Waals surface area contributed by atoms with Gasteiger partial charge in [0, 0.05) is 58.7 Å². The van der Waals surface area contributed by atoms with Gasteiger partial charge < -0.3 is 34.5 Å². The molecule has 2 aliphatic rings. The minimum absolute atomic E-state index is 0.0584. The van der Waals surface area contributed by atoms with E-state index in [1.165, 1.54) is 81.2 Å². The van der Waals surface area contributed by atoms with Gasteiger partial charge in [-0.25, -0.2) is 0 Å². The van der Waals surface area contributed by atoms with E-state index in [2.05, 4.69) is 4.98 Å². The molecule has 0 radical (unpaired) electrons. The highest BCUT2D eigenvalue weighted by atomic mass is 16.2. The second kappa shape index (κ2) is 58.1. The number of rotatable bonds is 10. The van der Waals surface area contributed by atoms with E-state index in [0.29, 0.717) is 29.1 Å². The molecule has 15 heteroatoms. The summed E-state index contributed by atoms with van der Waals surface area (Å²) in [5.41, 5.74) is 8.68. The molecule has 0 aliphatic heterocycles. The molecule has 1 aromatic heterocycles. The first-order chi connectivity index (χ1) is 38.2. The fourth-order valence-corrected chi connectivity index (χ4v) is 4.12. The number of ketones is 12. The largest absolute Gasteiger partial charge is 0.321 e. The maximum Gasteiger partial charge on any atom is 0.161 e. The third-order valence-electron chi connectivity index (χ3n) is 9.95. The van der Waals surface area contributed by atoms with E-state index in [9.17, 15) is 62.3 Å². The molecule has 2 N–H and O–H groups in total. The van der Waals surface area contributed by atoms with Crippen LogP contribution in [0.1, 0.15) is 248 Å². The highest BCUT2D eigenvalue weighted by Gasteiger charge is 2.21. The fraction of sp³-hybridized carbons (Fsp3) is 0.565. The molecule has 476 valence electrons. The first-order valence-electron chi connectivity index (χ1n) is 28.4. The predicted molar refractivity (Wildman–Crippen MR) is 343 cm³/mol. The predicted octanol–water partition coefficient (Wildman–Crippen LogP) is 14.8. The summed E-state index contributed by atoms with van der Waals surface area (Å²) in [6.07, 6.45) is 10.8. The summed E-state index contributed by atoms with van der Waals surface area (Å²) >= 11 is 0. The Morgan fingerprint density at radius 3 is 0.976 bits per heavy atom. The number of pyridine rings is 1. The zero-order chi connectivity index (χ0) is 68.1. The van der Waals surface area contributed by atoms with Crippen LogP contribution in [0.25, 0.3) is 0 Å². The number of aldehydes is 1. The van der Waals surface area contributed by atoms with Gasteiger partial charge in [0.1, 0.15) is 58.3 Å². The van der Waals surface area contributed by atoms with E-state index < -0.39 is 0 Å². The topological polar surface area (TPSA) is 261 Å². The van der Waals surface area contributed by atoms with E-state index in [1.54, 1.807) is 66.1 Å². The smallest absolute Gasteiger partial charge is 0.161 e. The number of nitrogens with two attached hydrogens (primary N) is 1. The lowest BCUT2D eigenvalue weighted by Crippen LogP contribution is -2.33. The van der Waals surface area contributed by atoms with Crippen molar-refractivity contribution in [1.29, 1.82) is 0 Å². The van der Waals surface area contributed by atoms with Crippen LogP contribution in [-0.4, -0.2) is 86.7 Å². The average molecular weight is 1180 g/mol. The van der Waals surface area contributed by atoms with Crippen molar-refractivity contribution in [3.8, 4) is 0 Å². The van der Waals surface area contributed by atoms with E-state index in [4.69, 9.17) is 5.73 Å². The molecule has 0 amide bonds. The second-order valence-corrected chi connectivity index (χ2v) is 22.7. The molecule has 5 rings (SSSR count). The molecule has 0 spiro atoms. The van der Waals surface area contributed by atoms with Crippen LogP contribution in [-0.2, 0) is 47.9 Å². The lowest BCUT2D eigenvalue weighted by Gasteiger charge is -2.21. The third-order valence-corrected chi connectivity index (χ3v) is 9.95. The summed E-state index contributed by atoms with van der Waals surface area (Å²) < 4.78 is 0. The van der Waals surface area contributed by atoms with Crippen LogP contribution in [0.3, 0.4) is 0 Å². The molecule has 3 aromatic rings. The number of aryl methyl sites for hydroxylation is 1. The van der Waals surface area contributed by atoms with Crippen LogP contribution in [0, 0.1) is 41.9 Å². The zero-order valence-corrected chi connectivity index (χ0v) is 56.6. The summed E-state index contributed by atoms with van der Waals surface area (Å²) in [5.74, 6) is 4.12. The fourth-order valence-electron chi connectivity index (χ4n) is 4.12. The van der Waals surface area contributed by atoms with Crippen molar-refractivity contribution >= 4 is 75.7 Å². The number of hydrogen-bond acceptors (Lipinski definition) is 15. The van der Waals surface area contributed by atoms with Crippen molar-refractivity contribution in [3.63, 3.8) is 0 Å². The highest BCUT2D eigenvalue weighted by molar-refractivity contribution is 5.94. The normalized spacial score (nSPS) is 11.2. The van der Waals surface area contributed by atoms with Gasteiger partial charge in [-0.05, 0) is 167 Å². The summed E-state index contributed by atoms with van der Waals surface area (Å²) in [6, 6.07) is 20.0. The Morgan fingerprint density at radius 2 is 0.857 bits per heavy atom. The van der Waals surface area contributed by atoms with Gasteiger partial charge in [-0.15, -0.1) is 0 Å². The van der Waals surface area contributed by atoms with Crippen LogP contribution >= 0.6 is 0 Å². The van der Waals surface area contributed by atoms with Crippen molar-refractivity contribution in [2.75, 3.05) is 0 Å². The lowest BCUT2D eigenvalue weighted by atomic mass is 9.83. The van der Waals surface area contributed by atoms with E-state index >= 15 is 0 Å². The molecule has 1 atom stereocenters. The number of benzene rings is 2. The van der Waals surface area contributed by atoms with Gasteiger partial charge in [0.25, 0.3) is 0 Å². The minimum Gasteiger partial charge on any atom is -0.321 e. The quantitative estimate of drug-likeness (QED) is 0.146. The van der Waals surface area contributed by atoms with Crippen molar-refractivity contribution < 1.29 is 62.3 Å². The van der Waals surface area contributed by atoms with Crippen molar-refractivity contribution in [3.05, 3.63) is 101 Å². The number of hydrogen-bond donors (Lipinski definition) is 1. The molecule has 0 bridgehead atoms. The van der Waals surface area contributed by atoms with Gasteiger partial charge in [-0.1, -0.05) is 129 Å². The number of aromatic nitrogens is 1. The van der Waals surface area contributed by atoms with Crippen LogP contribution in [0.15, 0.2) is 79.1 Å². The Labute approximate surface area is 507 Å².